The standard InChI is InChI=1S/C13H9ClF3N3O/c14-10-4-3-8(7-19-10)6-9-2-1-5-18-11(9)20-12(21)13(15,16)17/h1-5,7H,6H2,(H,18,20,21). The average molecular weight is 316 g/mol. The highest BCUT2D eigenvalue weighted by Gasteiger charge is 2.38. The number of nitrogens with zero attached hydrogens (tertiary/aromatic N) is 2. The molecule has 0 atom stereocenters. The van der Waals surface area contributed by atoms with E-state index in [9.17, 15) is 18.0 Å². The largest absolute Gasteiger partial charge is 0.473 e. The number of nitrogens with one attached hydrogen (secondary N) is 1. The van der Waals surface area contributed by atoms with Gasteiger partial charge in [-0.1, -0.05) is 23.7 Å². The molecule has 1 amide bonds. The minimum Gasteiger partial charge on any atom is -0.346 e. The van der Waals surface area contributed by atoms with Gasteiger partial charge in [-0.2, -0.15) is 18.2 Å². The average Bonchev–Trinajstić information content (AvgIpc) is 2.42. The van der Waals surface area contributed by atoms with Crippen molar-refractivity contribution < 1.29 is 18.0 Å². The lowest BCUT2D eigenvalue weighted by Gasteiger charge is -2.04. The molecule has 0 unspecified atom stereocenters. The van der Waals surface area contributed by atoms with Gasteiger partial charge in [-0.25, -0.2) is 4.98 Å². The van der Waals surface area contributed by atoms with Gasteiger partial charge < -0.3 is 4.98 Å². The van der Waals surface area contributed by atoms with Crippen LogP contribution in [0.25, 0.3) is 0 Å². The first-order valence-corrected chi connectivity index (χ1v) is 6.17. The van der Waals surface area contributed by atoms with Crippen molar-refractivity contribution in [3.63, 3.8) is 0 Å². The molecule has 110 valence electrons. The van der Waals surface area contributed by atoms with E-state index in [1.165, 1.54) is 12.4 Å². The van der Waals surface area contributed by atoms with Gasteiger partial charge in [-0.15, -0.1) is 0 Å². The van der Waals surface area contributed by atoms with Crippen LogP contribution in [-0.4, -0.2) is 22.1 Å². The summed E-state index contributed by atoms with van der Waals surface area (Å²) >= 11 is 5.66. The highest BCUT2D eigenvalue weighted by molar-refractivity contribution is 6.29. The van der Waals surface area contributed by atoms with Gasteiger partial charge in [0.25, 0.3) is 0 Å². The molecule has 0 aliphatic heterocycles. The van der Waals surface area contributed by atoms with Crippen molar-refractivity contribution in [3.05, 3.63) is 58.4 Å². The highest BCUT2D eigenvalue weighted by atomic mass is 35.5. The van der Waals surface area contributed by atoms with E-state index in [0.717, 1.165) is 5.56 Å². The molecule has 2 rings (SSSR count). The third-order valence-electron chi connectivity index (χ3n) is 2.56. The second-order valence-electron chi connectivity index (χ2n) is 4.12. The summed E-state index contributed by atoms with van der Waals surface area (Å²) in [6, 6.07) is 6.45. The lowest BCUT2D eigenvalue weighted by atomic mass is 10.1. The van der Waals surface area contributed by atoms with Gasteiger partial charge in [-0.05, 0) is 23.3 Å². The lowest BCUT2D eigenvalue weighted by molar-refractivity contribution is -0.169. The van der Waals surface area contributed by atoms with Gasteiger partial charge in [0, 0.05) is 18.8 Å². The topological polar surface area (TPSA) is 58.1 Å². The van der Waals surface area contributed by atoms with E-state index in [1.54, 1.807) is 24.3 Å². The van der Waals surface area contributed by atoms with Crippen LogP contribution in [0.5, 0.6) is 0 Å². The van der Waals surface area contributed by atoms with E-state index < -0.39 is 12.1 Å². The Labute approximate surface area is 122 Å². The number of alkyl halides is 3. The fourth-order valence-corrected chi connectivity index (χ4v) is 1.72. The van der Waals surface area contributed by atoms with Crippen LogP contribution < -0.4 is 5.49 Å². The maximum absolute atomic E-state index is 12.3. The number of pyridine rings is 2. The van der Waals surface area contributed by atoms with Crippen LogP contribution in [0.4, 0.5) is 13.2 Å². The zero-order valence-electron chi connectivity index (χ0n) is 10.5. The van der Waals surface area contributed by atoms with Gasteiger partial charge in [0.2, 0.25) is 0 Å². The van der Waals surface area contributed by atoms with Gasteiger partial charge in [0.1, 0.15) is 10.6 Å². The molecule has 0 aliphatic carbocycles. The van der Waals surface area contributed by atoms with Crippen molar-refractivity contribution in [1.29, 1.82) is 0 Å². The molecule has 0 radical (unpaired) electrons. The third kappa shape index (κ3) is 4.16. The van der Waals surface area contributed by atoms with Crippen molar-refractivity contribution in [2.45, 2.75) is 12.6 Å². The van der Waals surface area contributed by atoms with Gasteiger partial charge in [-0.3, -0.25) is 4.79 Å². The molecule has 0 aliphatic rings. The number of aromatic nitrogens is 2. The molecule has 0 spiro atoms. The first-order valence-electron chi connectivity index (χ1n) is 5.79. The number of hydrogen-bond acceptors (Lipinski definition) is 2. The first kappa shape index (κ1) is 15.2. The van der Waals surface area contributed by atoms with Gasteiger partial charge >= 0.3 is 12.1 Å². The molecule has 2 aromatic heterocycles. The Bertz CT molecular complexity index is 708. The van der Waals surface area contributed by atoms with Crippen LogP contribution in [0, 0.1) is 0 Å². The minimum atomic E-state index is -5.00. The SMILES string of the molecule is O=C(N=c1[nH]cccc1Cc1ccc(Cl)nc1)C(F)(F)F. The zero-order valence-corrected chi connectivity index (χ0v) is 11.2. The second kappa shape index (κ2) is 6.09. The first-order chi connectivity index (χ1) is 9.86. The molecular formula is C13H9ClF3N3O. The molecule has 8 heteroatoms. The summed E-state index contributed by atoms with van der Waals surface area (Å²) in [6.45, 7) is 0. The quantitative estimate of drug-likeness (QED) is 0.866. The second-order valence-corrected chi connectivity index (χ2v) is 4.51. The molecule has 0 saturated heterocycles. The van der Waals surface area contributed by atoms with E-state index in [-0.39, 0.29) is 11.9 Å². The maximum Gasteiger partial charge on any atom is 0.473 e. The lowest BCUT2D eigenvalue weighted by Crippen LogP contribution is -2.25. The van der Waals surface area contributed by atoms with E-state index >= 15 is 0 Å². The number of H-pyrrole nitrogens is 1. The number of rotatable bonds is 2. The normalized spacial score (nSPS) is 12.5. The Hall–Kier alpha value is -2.15. The number of hydrogen-bond donors (Lipinski definition) is 1. The molecule has 0 bridgehead atoms. The Kier molecular flexibility index (Phi) is 4.42. The molecule has 0 fully saturated rings. The van der Waals surface area contributed by atoms with Crippen LogP contribution in [0.2, 0.25) is 5.15 Å². The summed E-state index contributed by atoms with van der Waals surface area (Å²) in [5.74, 6) is -2.15. The summed E-state index contributed by atoms with van der Waals surface area (Å²) in [5, 5.41) is 0.315. The number of carbonyl (C=O) groups excluding carboxylic acids is 1. The summed E-state index contributed by atoms with van der Waals surface area (Å²) in [6.07, 6.45) is -1.83. The molecule has 1 N–H and O–H groups in total. The molecule has 2 heterocycles. The van der Waals surface area contributed by atoms with E-state index in [4.69, 9.17) is 11.6 Å². The number of amides is 1. The molecule has 4 nitrogen and oxygen atoms in total. The van der Waals surface area contributed by atoms with Crippen LogP contribution >= 0.6 is 11.6 Å². The molecule has 2 aromatic rings. The van der Waals surface area contributed by atoms with Crippen molar-refractivity contribution >= 4 is 17.5 Å². The Morgan fingerprint density at radius 3 is 2.71 bits per heavy atom. The molecular weight excluding hydrogens is 307 g/mol. The predicted molar refractivity (Wildman–Crippen MR) is 69.5 cm³/mol. The van der Waals surface area contributed by atoms with E-state index in [1.807, 2.05) is 0 Å². The van der Waals surface area contributed by atoms with Crippen molar-refractivity contribution in [2.24, 2.45) is 4.99 Å². The van der Waals surface area contributed by atoms with Crippen molar-refractivity contribution in [3.8, 4) is 0 Å². The minimum absolute atomic E-state index is 0.130. The number of carbonyl (C=O) groups is 1. The highest BCUT2D eigenvalue weighted by Crippen LogP contribution is 2.16. The van der Waals surface area contributed by atoms with Gasteiger partial charge in [0.05, 0.1) is 0 Å². The molecule has 21 heavy (non-hydrogen) atoms. The Balaban J connectivity index is 2.35. The predicted octanol–water partition coefficient (Wildman–Crippen LogP) is 2.64. The van der Waals surface area contributed by atoms with Crippen LogP contribution in [0.3, 0.4) is 0 Å². The summed E-state index contributed by atoms with van der Waals surface area (Å²) in [5.41, 5.74) is 1.05. The Morgan fingerprint density at radius 2 is 2.10 bits per heavy atom. The fourth-order valence-electron chi connectivity index (χ4n) is 1.61. The smallest absolute Gasteiger partial charge is 0.346 e. The number of halogens is 4. The van der Waals surface area contributed by atoms with Crippen molar-refractivity contribution in [2.75, 3.05) is 0 Å². The molecule has 0 aromatic carbocycles. The summed E-state index contributed by atoms with van der Waals surface area (Å²) in [7, 11) is 0. The Morgan fingerprint density at radius 1 is 1.33 bits per heavy atom. The van der Waals surface area contributed by atoms with Gasteiger partial charge in [0.15, 0.2) is 0 Å². The van der Waals surface area contributed by atoms with E-state index in [0.29, 0.717) is 10.7 Å². The number of aromatic amines is 1. The monoisotopic (exact) mass is 315 g/mol. The van der Waals surface area contributed by atoms with Crippen molar-refractivity contribution in [1.82, 2.24) is 9.97 Å². The summed E-state index contributed by atoms with van der Waals surface area (Å²) < 4.78 is 36.8. The van der Waals surface area contributed by atoms with Crippen LogP contribution in [0.1, 0.15) is 11.1 Å². The maximum atomic E-state index is 12.3. The van der Waals surface area contributed by atoms with Crippen LogP contribution in [-0.2, 0) is 11.2 Å². The molecule has 0 saturated carbocycles. The summed E-state index contributed by atoms with van der Waals surface area (Å²) in [4.78, 5) is 20.4. The fraction of sp³-hybridized carbons (Fsp3) is 0.154. The van der Waals surface area contributed by atoms with E-state index in [2.05, 4.69) is 15.0 Å². The van der Waals surface area contributed by atoms with Crippen LogP contribution in [0.15, 0.2) is 41.7 Å². The third-order valence-corrected chi connectivity index (χ3v) is 2.78. The zero-order chi connectivity index (χ0) is 15.5.